The molecule has 2 unspecified atom stereocenters. The maximum Gasteiger partial charge on any atom is 0.443 e. The van der Waals surface area contributed by atoms with E-state index in [1.807, 2.05) is 0 Å². The van der Waals surface area contributed by atoms with Gasteiger partial charge in [-0.3, -0.25) is 4.79 Å². The topological polar surface area (TPSA) is 79.3 Å². The Labute approximate surface area is 116 Å². The zero-order chi connectivity index (χ0) is 15.5. The van der Waals surface area contributed by atoms with Crippen molar-refractivity contribution in [2.45, 2.75) is 32.5 Å². The number of carbonyl (C=O) groups excluding carboxylic acids is 1. The number of aromatic nitrogens is 1. The van der Waals surface area contributed by atoms with Crippen molar-refractivity contribution in [3.63, 3.8) is 0 Å². The summed E-state index contributed by atoms with van der Waals surface area (Å²) in [7, 11) is 0. The molecule has 0 radical (unpaired) electrons. The molecule has 112 valence electrons. The summed E-state index contributed by atoms with van der Waals surface area (Å²) in [5, 5.41) is 11.0. The number of rotatable bonds is 5. The third-order valence-electron chi connectivity index (χ3n) is 2.74. The predicted octanol–water partition coefficient (Wildman–Crippen LogP) is 2.39. The highest BCUT2D eigenvalue weighted by atomic mass is 32.1. The fraction of sp³-hybridized carbons (Fsp3) is 0.545. The number of hydrogen-bond donors (Lipinski definition) is 2. The van der Waals surface area contributed by atoms with Crippen LogP contribution in [0.4, 0.5) is 13.2 Å². The van der Waals surface area contributed by atoms with Crippen LogP contribution in [0, 0.1) is 5.92 Å². The number of nitrogens with zero attached hydrogens (tertiary/aromatic N) is 1. The van der Waals surface area contributed by atoms with E-state index >= 15 is 0 Å². The van der Waals surface area contributed by atoms with Crippen LogP contribution in [0.2, 0.25) is 0 Å². The summed E-state index contributed by atoms with van der Waals surface area (Å²) in [4.78, 5) is 25.9. The lowest BCUT2D eigenvalue weighted by Crippen LogP contribution is -2.45. The Morgan fingerprint density at radius 1 is 1.50 bits per heavy atom. The lowest BCUT2D eigenvalue weighted by Gasteiger charge is -2.19. The summed E-state index contributed by atoms with van der Waals surface area (Å²) in [5.41, 5.74) is -0.433. The molecule has 1 amide bonds. The number of aliphatic carboxylic acids is 1. The van der Waals surface area contributed by atoms with E-state index in [2.05, 4.69) is 10.3 Å². The fourth-order valence-electron chi connectivity index (χ4n) is 1.41. The number of alkyl halides is 3. The van der Waals surface area contributed by atoms with Crippen LogP contribution in [-0.4, -0.2) is 28.0 Å². The number of carboxylic acid groups (broad SMARTS) is 1. The van der Waals surface area contributed by atoms with Crippen molar-refractivity contribution in [1.82, 2.24) is 10.3 Å². The third-order valence-corrected chi connectivity index (χ3v) is 3.63. The van der Waals surface area contributed by atoms with E-state index in [4.69, 9.17) is 5.11 Å². The summed E-state index contributed by atoms with van der Waals surface area (Å²) in [6, 6.07) is -1.16. The van der Waals surface area contributed by atoms with Gasteiger partial charge in [-0.1, -0.05) is 20.3 Å². The summed E-state index contributed by atoms with van der Waals surface area (Å²) in [6.07, 6.45) is -4.12. The van der Waals surface area contributed by atoms with Crippen molar-refractivity contribution >= 4 is 23.2 Å². The third kappa shape index (κ3) is 3.92. The van der Waals surface area contributed by atoms with Crippen LogP contribution in [0.25, 0.3) is 0 Å². The minimum atomic E-state index is -4.62. The van der Waals surface area contributed by atoms with Gasteiger partial charge in [0.15, 0.2) is 5.01 Å². The molecule has 5 nitrogen and oxygen atoms in total. The predicted molar refractivity (Wildman–Crippen MR) is 65.5 cm³/mol. The minimum Gasteiger partial charge on any atom is -0.480 e. The lowest BCUT2D eigenvalue weighted by molar-refractivity contribution is -0.140. The standard InChI is InChI=1S/C11H13F3N2O3S/c1-3-5(2)7(9(18)19)16-8(17)6-4-20-10(15-6)11(12,13)14/h4-5,7H,3H2,1-2H3,(H,16,17)(H,18,19). The molecule has 0 aliphatic carbocycles. The van der Waals surface area contributed by atoms with Crippen molar-refractivity contribution in [2.24, 2.45) is 5.92 Å². The van der Waals surface area contributed by atoms with E-state index in [1.165, 1.54) is 0 Å². The molecule has 1 aromatic heterocycles. The first-order valence-electron chi connectivity index (χ1n) is 5.73. The normalized spacial score (nSPS) is 14.7. The van der Waals surface area contributed by atoms with Crippen molar-refractivity contribution in [2.75, 3.05) is 0 Å². The first-order chi connectivity index (χ1) is 9.16. The van der Waals surface area contributed by atoms with Gasteiger partial charge in [-0.15, -0.1) is 11.3 Å². The van der Waals surface area contributed by atoms with Gasteiger partial charge in [0.25, 0.3) is 5.91 Å². The van der Waals surface area contributed by atoms with E-state index in [-0.39, 0.29) is 5.92 Å². The van der Waals surface area contributed by atoms with E-state index < -0.39 is 34.8 Å². The van der Waals surface area contributed by atoms with Crippen molar-refractivity contribution in [1.29, 1.82) is 0 Å². The van der Waals surface area contributed by atoms with Crippen LogP contribution in [-0.2, 0) is 11.0 Å². The average Bonchev–Trinajstić information content (AvgIpc) is 2.83. The summed E-state index contributed by atoms with van der Waals surface area (Å²) in [6.45, 7) is 3.37. The van der Waals surface area contributed by atoms with E-state index in [0.29, 0.717) is 17.8 Å². The number of thiazole rings is 1. The molecule has 1 aromatic rings. The fourth-order valence-corrected chi connectivity index (χ4v) is 2.07. The Morgan fingerprint density at radius 3 is 2.50 bits per heavy atom. The minimum absolute atomic E-state index is 0.290. The van der Waals surface area contributed by atoms with Crippen molar-refractivity contribution < 1.29 is 27.9 Å². The van der Waals surface area contributed by atoms with Crippen LogP contribution in [0.15, 0.2) is 5.38 Å². The van der Waals surface area contributed by atoms with Gasteiger partial charge in [0.1, 0.15) is 11.7 Å². The summed E-state index contributed by atoms with van der Waals surface area (Å²) < 4.78 is 37.1. The Hall–Kier alpha value is -1.64. The molecule has 0 aliphatic rings. The Balaban J connectivity index is 2.85. The van der Waals surface area contributed by atoms with Crippen molar-refractivity contribution in [3.05, 3.63) is 16.1 Å². The van der Waals surface area contributed by atoms with Gasteiger partial charge in [0.2, 0.25) is 0 Å². The molecular formula is C11H13F3N2O3S. The molecule has 0 saturated heterocycles. The maximum atomic E-state index is 12.4. The number of carbonyl (C=O) groups is 2. The molecule has 2 N–H and O–H groups in total. The second kappa shape index (κ2) is 6.21. The lowest BCUT2D eigenvalue weighted by atomic mass is 9.99. The van der Waals surface area contributed by atoms with Crippen LogP contribution >= 0.6 is 11.3 Å². The molecule has 1 heterocycles. The second-order valence-electron chi connectivity index (χ2n) is 4.21. The van der Waals surface area contributed by atoms with E-state index in [9.17, 15) is 22.8 Å². The molecule has 1 rings (SSSR count). The molecule has 0 spiro atoms. The molecule has 0 aliphatic heterocycles. The maximum absolute atomic E-state index is 12.4. The number of amides is 1. The van der Waals surface area contributed by atoms with E-state index in [1.54, 1.807) is 13.8 Å². The number of hydrogen-bond acceptors (Lipinski definition) is 4. The van der Waals surface area contributed by atoms with Gasteiger partial charge in [-0.05, 0) is 5.92 Å². The zero-order valence-electron chi connectivity index (χ0n) is 10.7. The first kappa shape index (κ1) is 16.4. The monoisotopic (exact) mass is 310 g/mol. The number of halogens is 3. The molecular weight excluding hydrogens is 297 g/mol. The van der Waals surface area contributed by atoms with Crippen LogP contribution in [0.5, 0.6) is 0 Å². The average molecular weight is 310 g/mol. The Bertz CT molecular complexity index is 501. The molecule has 9 heteroatoms. The van der Waals surface area contributed by atoms with Gasteiger partial charge >= 0.3 is 12.1 Å². The molecule has 0 aromatic carbocycles. The highest BCUT2D eigenvalue weighted by Gasteiger charge is 2.35. The van der Waals surface area contributed by atoms with E-state index in [0.717, 1.165) is 5.38 Å². The van der Waals surface area contributed by atoms with Crippen molar-refractivity contribution in [3.8, 4) is 0 Å². The quantitative estimate of drug-likeness (QED) is 0.875. The number of nitrogens with one attached hydrogen (secondary N) is 1. The SMILES string of the molecule is CCC(C)C(NC(=O)c1csc(C(F)(F)F)n1)C(=O)O. The zero-order valence-corrected chi connectivity index (χ0v) is 11.5. The van der Waals surface area contributed by atoms with Crippen LogP contribution < -0.4 is 5.32 Å². The number of carboxylic acids is 1. The van der Waals surface area contributed by atoms with Gasteiger partial charge in [-0.25, -0.2) is 9.78 Å². The van der Waals surface area contributed by atoms with Crippen LogP contribution in [0.1, 0.15) is 35.8 Å². The Kier molecular flexibility index (Phi) is 5.09. The largest absolute Gasteiger partial charge is 0.480 e. The highest BCUT2D eigenvalue weighted by molar-refractivity contribution is 7.09. The smallest absolute Gasteiger partial charge is 0.443 e. The molecule has 0 fully saturated rings. The van der Waals surface area contributed by atoms with Crippen LogP contribution in [0.3, 0.4) is 0 Å². The molecule has 20 heavy (non-hydrogen) atoms. The van der Waals surface area contributed by atoms with Gasteiger partial charge in [-0.2, -0.15) is 13.2 Å². The molecule has 0 saturated carbocycles. The summed E-state index contributed by atoms with van der Waals surface area (Å²) in [5.74, 6) is -2.51. The summed E-state index contributed by atoms with van der Waals surface area (Å²) >= 11 is 0.290. The van der Waals surface area contributed by atoms with Gasteiger partial charge < -0.3 is 10.4 Å². The van der Waals surface area contributed by atoms with Gasteiger partial charge in [0, 0.05) is 5.38 Å². The van der Waals surface area contributed by atoms with Gasteiger partial charge in [0.05, 0.1) is 0 Å². The molecule has 0 bridgehead atoms. The molecule has 2 atom stereocenters. The Morgan fingerprint density at radius 2 is 2.10 bits per heavy atom. The second-order valence-corrected chi connectivity index (χ2v) is 5.07. The first-order valence-corrected chi connectivity index (χ1v) is 6.61. The highest BCUT2D eigenvalue weighted by Crippen LogP contribution is 2.31.